The molecule has 0 saturated carbocycles. The number of ether oxygens (including phenoxy) is 2. The summed E-state index contributed by atoms with van der Waals surface area (Å²) in [6.45, 7) is 4.61. The molecule has 5 heteroatoms. The van der Waals surface area contributed by atoms with Gasteiger partial charge < -0.3 is 9.47 Å². The first-order chi connectivity index (χ1) is 21.6. The molecule has 0 aliphatic rings. The third-order valence-electron chi connectivity index (χ3n) is 8.87. The van der Waals surface area contributed by atoms with Gasteiger partial charge in [-0.1, -0.05) is 194 Å². The Labute approximate surface area is 279 Å². The first-order valence-corrected chi connectivity index (χ1v) is 20.1. The van der Waals surface area contributed by atoms with Crippen LogP contribution in [0.1, 0.15) is 219 Å². The van der Waals surface area contributed by atoms with Gasteiger partial charge >= 0.3 is 11.9 Å². The predicted molar refractivity (Wildman–Crippen MR) is 191 cm³/mol. The molecule has 0 aromatic carbocycles. The molecule has 0 radical (unpaired) electrons. The van der Waals surface area contributed by atoms with Gasteiger partial charge in [-0.3, -0.25) is 9.59 Å². The molecule has 0 spiro atoms. The molecule has 0 aromatic rings. The van der Waals surface area contributed by atoms with Gasteiger partial charge in [0.1, 0.15) is 12.7 Å². The molecule has 44 heavy (non-hydrogen) atoms. The van der Waals surface area contributed by atoms with Crippen LogP contribution in [0.15, 0.2) is 0 Å². The zero-order valence-corrected chi connectivity index (χ0v) is 30.4. The Balaban J connectivity index is 3.49. The van der Waals surface area contributed by atoms with E-state index in [4.69, 9.17) is 21.1 Å². The molecule has 0 fully saturated rings. The normalized spacial score (nSPS) is 12.0. The maximum atomic E-state index is 12.2. The Hall–Kier alpha value is -0.770. The van der Waals surface area contributed by atoms with E-state index >= 15 is 0 Å². The van der Waals surface area contributed by atoms with E-state index in [1.54, 1.807) is 0 Å². The van der Waals surface area contributed by atoms with Crippen LogP contribution in [0.2, 0.25) is 0 Å². The molecular formula is C39H75ClO4. The van der Waals surface area contributed by atoms with E-state index in [0.29, 0.717) is 12.8 Å². The molecule has 1 unspecified atom stereocenters. The van der Waals surface area contributed by atoms with E-state index in [1.807, 2.05) is 0 Å². The Morgan fingerprint density at radius 2 is 0.705 bits per heavy atom. The summed E-state index contributed by atoms with van der Waals surface area (Å²) in [6, 6.07) is 0. The molecule has 0 rings (SSSR count). The summed E-state index contributed by atoms with van der Waals surface area (Å²) in [5.41, 5.74) is 0. The van der Waals surface area contributed by atoms with Gasteiger partial charge in [0, 0.05) is 12.8 Å². The highest BCUT2D eigenvalue weighted by atomic mass is 35.5. The van der Waals surface area contributed by atoms with Crippen LogP contribution in [-0.4, -0.2) is 30.5 Å². The molecule has 0 bridgehead atoms. The van der Waals surface area contributed by atoms with Crippen molar-refractivity contribution in [3.63, 3.8) is 0 Å². The predicted octanol–water partition coefficient (Wildman–Crippen LogP) is 13.2. The van der Waals surface area contributed by atoms with E-state index in [2.05, 4.69) is 13.8 Å². The Bertz CT molecular complexity index is 597. The van der Waals surface area contributed by atoms with Gasteiger partial charge in [-0.05, 0) is 12.8 Å². The van der Waals surface area contributed by atoms with Gasteiger partial charge in [0.15, 0.2) is 0 Å². The second-order valence-electron chi connectivity index (χ2n) is 13.3. The number of hydrogen-bond donors (Lipinski definition) is 0. The van der Waals surface area contributed by atoms with Crippen molar-refractivity contribution in [1.82, 2.24) is 0 Å². The van der Waals surface area contributed by atoms with Gasteiger partial charge in [0.25, 0.3) is 0 Å². The fraction of sp³-hybridized carbons (Fsp3) is 0.949. The number of rotatable bonds is 36. The zero-order valence-electron chi connectivity index (χ0n) is 29.6. The molecule has 0 amide bonds. The largest absolute Gasteiger partial charge is 0.462 e. The lowest BCUT2D eigenvalue weighted by molar-refractivity contribution is -0.157. The highest BCUT2D eigenvalue weighted by Gasteiger charge is 2.16. The fourth-order valence-electron chi connectivity index (χ4n) is 5.89. The van der Waals surface area contributed by atoms with Gasteiger partial charge in [-0.2, -0.15) is 0 Å². The van der Waals surface area contributed by atoms with Crippen molar-refractivity contribution in [2.45, 2.75) is 225 Å². The average Bonchev–Trinajstić information content (AvgIpc) is 3.02. The Morgan fingerprint density at radius 1 is 0.432 bits per heavy atom. The monoisotopic (exact) mass is 646 g/mol. The molecule has 0 aliphatic carbocycles. The number of halogens is 1. The number of hydrogen-bond acceptors (Lipinski definition) is 4. The summed E-state index contributed by atoms with van der Waals surface area (Å²) in [7, 11) is 0. The summed E-state index contributed by atoms with van der Waals surface area (Å²) < 4.78 is 10.8. The molecule has 0 aromatic heterocycles. The van der Waals surface area contributed by atoms with Crippen molar-refractivity contribution in [2.75, 3.05) is 12.5 Å². The SMILES string of the molecule is CCCCCCCCCCCCCCCCCC(=O)O[13CH2][13CH]([13CH2]Cl)OC(=O)CCCCCCCCCCCCCCCCC. The highest BCUT2D eigenvalue weighted by Crippen LogP contribution is 2.16. The summed E-state index contributed by atoms with van der Waals surface area (Å²) >= 11 is 5.97. The molecule has 0 N–H and O–H groups in total. The van der Waals surface area contributed by atoms with Crippen LogP contribution < -0.4 is 0 Å². The van der Waals surface area contributed by atoms with E-state index < -0.39 is 6.10 Å². The first-order valence-electron chi connectivity index (χ1n) is 19.5. The van der Waals surface area contributed by atoms with Crippen LogP contribution in [0.4, 0.5) is 0 Å². The van der Waals surface area contributed by atoms with Gasteiger partial charge in [-0.25, -0.2) is 0 Å². The van der Waals surface area contributed by atoms with Crippen LogP contribution in [0.3, 0.4) is 0 Å². The van der Waals surface area contributed by atoms with Gasteiger partial charge in [0.05, 0.1) is 5.88 Å². The lowest BCUT2D eigenvalue weighted by Gasteiger charge is -2.15. The Kier molecular flexibility index (Phi) is 36.1. The minimum Gasteiger partial charge on any atom is -0.462 e. The summed E-state index contributed by atoms with van der Waals surface area (Å²) in [6.07, 6.45) is 39.4. The fourth-order valence-corrected chi connectivity index (χ4v) is 6.05. The quantitative estimate of drug-likeness (QED) is 0.0294. The number of unbranched alkanes of at least 4 members (excludes halogenated alkanes) is 28. The second kappa shape index (κ2) is 36.7. The maximum Gasteiger partial charge on any atom is 0.306 e. The summed E-state index contributed by atoms with van der Waals surface area (Å²) in [5.74, 6) is -0.298. The van der Waals surface area contributed by atoms with Gasteiger partial charge in [0.2, 0.25) is 0 Å². The van der Waals surface area contributed by atoms with E-state index in [0.717, 1.165) is 25.7 Å². The molecule has 0 heterocycles. The highest BCUT2D eigenvalue weighted by molar-refractivity contribution is 6.18. The lowest BCUT2D eigenvalue weighted by Crippen LogP contribution is -2.26. The third-order valence-corrected chi connectivity index (χ3v) is 9.21. The minimum absolute atomic E-state index is 0.0612. The average molecular weight is 646 g/mol. The summed E-state index contributed by atoms with van der Waals surface area (Å²) in [5, 5.41) is 0. The molecule has 0 saturated heterocycles. The molecular weight excluding hydrogens is 571 g/mol. The molecule has 0 aliphatic heterocycles. The van der Waals surface area contributed by atoms with Crippen molar-refractivity contribution < 1.29 is 19.1 Å². The molecule has 1 atom stereocenters. The summed E-state index contributed by atoms with van der Waals surface area (Å²) in [4.78, 5) is 24.3. The van der Waals surface area contributed by atoms with E-state index in [-0.39, 0.29) is 24.4 Å². The first kappa shape index (κ1) is 43.2. The van der Waals surface area contributed by atoms with Crippen molar-refractivity contribution in [3.05, 3.63) is 0 Å². The topological polar surface area (TPSA) is 52.6 Å². The van der Waals surface area contributed by atoms with E-state index in [9.17, 15) is 9.59 Å². The number of esters is 2. The van der Waals surface area contributed by atoms with Crippen LogP contribution in [0.5, 0.6) is 0 Å². The molecule has 262 valence electrons. The van der Waals surface area contributed by atoms with Crippen LogP contribution in [0.25, 0.3) is 0 Å². The third kappa shape index (κ3) is 34.1. The second-order valence-corrected chi connectivity index (χ2v) is 13.7. The lowest BCUT2D eigenvalue weighted by atomic mass is 10.0. The van der Waals surface area contributed by atoms with Crippen molar-refractivity contribution in [3.8, 4) is 0 Å². The van der Waals surface area contributed by atoms with Crippen molar-refractivity contribution in [1.29, 1.82) is 0 Å². The van der Waals surface area contributed by atoms with Crippen LogP contribution >= 0.6 is 11.6 Å². The van der Waals surface area contributed by atoms with Crippen molar-refractivity contribution >= 4 is 23.5 Å². The minimum atomic E-state index is -0.550. The smallest absolute Gasteiger partial charge is 0.306 e. The Morgan fingerprint density at radius 3 is 1.00 bits per heavy atom. The molecule has 4 nitrogen and oxygen atoms in total. The maximum absolute atomic E-state index is 12.2. The zero-order chi connectivity index (χ0) is 32.2. The number of carbonyl (C=O) groups is 2. The van der Waals surface area contributed by atoms with Crippen LogP contribution in [0, 0.1) is 0 Å². The van der Waals surface area contributed by atoms with E-state index in [1.165, 1.54) is 167 Å². The van der Waals surface area contributed by atoms with Crippen LogP contribution in [-0.2, 0) is 19.1 Å². The number of carbonyl (C=O) groups excluding carboxylic acids is 2. The van der Waals surface area contributed by atoms with Gasteiger partial charge in [-0.15, -0.1) is 11.6 Å². The van der Waals surface area contributed by atoms with Crippen molar-refractivity contribution in [2.24, 2.45) is 0 Å². The number of alkyl halides is 1. The standard InChI is InChI=1S/C39H75ClO4/c1-3-5-7-9-11-13-15-17-19-21-23-25-27-29-31-33-38(41)43-36-37(35-40)44-39(42)34-32-30-28-26-24-22-20-18-16-14-12-10-8-6-4-2/h37H,3-36H2,1-2H3/i35+1,36+1,37+1.